The molecule has 0 fully saturated rings. The Bertz CT molecular complexity index is 75.3. The molecule has 42 valence electrons. The van der Waals surface area contributed by atoms with Gasteiger partial charge in [0.1, 0.15) is 0 Å². The first kappa shape index (κ1) is 7.10. The molecule has 0 aliphatic carbocycles. The first-order valence-electron chi connectivity index (χ1n) is 1.51. The molecule has 0 unspecified atom stereocenters. The maximum atomic E-state index is 5.15. The third kappa shape index (κ3) is 2.03. The van der Waals surface area contributed by atoms with E-state index in [0.717, 1.165) is 0 Å². The number of hydrogen-bond acceptors (Lipinski definition) is 4. The molecule has 0 aromatic rings. The summed E-state index contributed by atoms with van der Waals surface area (Å²) in [7, 11) is 0. The molecule has 0 spiro atoms. The van der Waals surface area contributed by atoms with Crippen LogP contribution in [-0.4, -0.2) is 5.12 Å². The summed E-state index contributed by atoms with van der Waals surface area (Å²) in [6.45, 7) is 0. The van der Waals surface area contributed by atoms with Crippen molar-refractivity contribution < 1.29 is 0 Å². The normalized spacial score (nSPS) is 17.0. The predicted molar refractivity (Wildman–Crippen MR) is 33.1 cm³/mol. The van der Waals surface area contributed by atoms with Crippen molar-refractivity contribution in [1.29, 1.82) is 0 Å². The van der Waals surface area contributed by atoms with Gasteiger partial charge in [-0.1, -0.05) is 0 Å². The molecule has 0 atom stereocenters. The van der Waals surface area contributed by atoms with Crippen LogP contribution in [0.2, 0.25) is 0 Å². The Labute approximate surface area is 52.4 Å². The van der Waals surface area contributed by atoms with Gasteiger partial charge >= 0.3 is 0 Å². The number of hydrazine groups is 2. The first-order chi connectivity index (χ1) is 2.89. The fourth-order valence-corrected chi connectivity index (χ4v) is 0.653. The Morgan fingerprint density at radius 3 is 2.57 bits per heavy atom. The average molecular weight is 140 g/mol. The van der Waals surface area contributed by atoms with E-state index in [-0.39, 0.29) is 12.4 Å². The van der Waals surface area contributed by atoms with Crippen LogP contribution in [0.5, 0.6) is 0 Å². The number of nitrogens with zero attached hydrogens (tertiary/aromatic N) is 1. The number of nitrogens with one attached hydrogen (secondary N) is 1. The Kier molecular flexibility index (Phi) is 3.19. The molecule has 1 aliphatic rings. The van der Waals surface area contributed by atoms with Gasteiger partial charge in [-0.2, -0.15) is 4.83 Å². The second kappa shape index (κ2) is 3.15. The lowest BCUT2D eigenvalue weighted by Gasteiger charge is -2.02. The fraction of sp³-hybridized carbons (Fsp3) is 0. The van der Waals surface area contributed by atoms with E-state index in [1.807, 2.05) is 5.41 Å². The zero-order chi connectivity index (χ0) is 4.41. The van der Waals surface area contributed by atoms with Gasteiger partial charge in [0.2, 0.25) is 0 Å². The summed E-state index contributed by atoms with van der Waals surface area (Å²) in [4.78, 5) is 2.74. The number of rotatable bonds is 0. The Morgan fingerprint density at radius 1 is 1.71 bits per heavy atom. The van der Waals surface area contributed by atoms with Crippen LogP contribution in [0.3, 0.4) is 0 Å². The minimum absolute atomic E-state index is 0. The lowest BCUT2D eigenvalue weighted by atomic mass is 11.0. The van der Waals surface area contributed by atoms with Gasteiger partial charge in [0.25, 0.3) is 0 Å². The van der Waals surface area contributed by atoms with Crippen LogP contribution < -0.4 is 10.7 Å². The van der Waals surface area contributed by atoms with E-state index < -0.39 is 0 Å². The molecule has 0 saturated heterocycles. The molecule has 0 aromatic heterocycles. The lowest BCUT2D eigenvalue weighted by Crippen LogP contribution is -2.30. The summed E-state index contributed by atoms with van der Waals surface area (Å²) in [6, 6.07) is 0. The van der Waals surface area contributed by atoms with Gasteiger partial charge in [-0.3, -0.25) is 0 Å². The molecule has 3 nitrogen and oxygen atoms in total. The van der Waals surface area contributed by atoms with Gasteiger partial charge in [-0.25, -0.2) is 11.0 Å². The summed E-state index contributed by atoms with van der Waals surface area (Å²) in [5.74, 6) is 5.15. The van der Waals surface area contributed by atoms with Crippen LogP contribution in [0.1, 0.15) is 0 Å². The highest BCUT2D eigenvalue weighted by molar-refractivity contribution is 8.00. The smallest absolute Gasteiger partial charge is 0.0424 e. The van der Waals surface area contributed by atoms with Gasteiger partial charge in [-0.15, -0.1) is 12.4 Å². The lowest BCUT2D eigenvalue weighted by molar-refractivity contribution is 0.379. The largest absolute Gasteiger partial charge is 0.241 e. The van der Waals surface area contributed by atoms with Crippen molar-refractivity contribution in [3.05, 3.63) is 11.6 Å². The highest BCUT2D eigenvalue weighted by Gasteiger charge is 1.92. The SMILES string of the molecule is Cl.NN1C=CSN1. The topological polar surface area (TPSA) is 41.3 Å². The molecular formula is C2H6ClN3S. The fourth-order valence-electron chi connectivity index (χ4n) is 0.218. The van der Waals surface area contributed by atoms with Gasteiger partial charge in [0, 0.05) is 11.6 Å². The van der Waals surface area contributed by atoms with Crippen molar-refractivity contribution in [1.82, 2.24) is 9.95 Å². The minimum Gasteiger partial charge on any atom is -0.241 e. The molecule has 0 amide bonds. The van der Waals surface area contributed by atoms with Crippen molar-refractivity contribution in [2.24, 2.45) is 5.84 Å². The van der Waals surface area contributed by atoms with Gasteiger partial charge in [0.05, 0.1) is 0 Å². The molecule has 1 rings (SSSR count). The van der Waals surface area contributed by atoms with E-state index in [1.54, 1.807) is 6.20 Å². The molecule has 0 radical (unpaired) electrons. The second-order valence-electron chi connectivity index (χ2n) is 0.902. The summed E-state index contributed by atoms with van der Waals surface area (Å²) >= 11 is 1.45. The molecule has 5 heteroatoms. The minimum atomic E-state index is 0. The number of hydrogen-bond donors (Lipinski definition) is 2. The zero-order valence-corrected chi connectivity index (χ0v) is 5.13. The number of nitrogens with two attached hydrogens (primary N) is 1. The van der Waals surface area contributed by atoms with E-state index in [2.05, 4.69) is 4.83 Å². The third-order valence-electron chi connectivity index (χ3n) is 0.448. The Morgan fingerprint density at radius 2 is 2.43 bits per heavy atom. The van der Waals surface area contributed by atoms with Crippen molar-refractivity contribution in [2.45, 2.75) is 0 Å². The van der Waals surface area contributed by atoms with Gasteiger partial charge in [0.15, 0.2) is 0 Å². The van der Waals surface area contributed by atoms with Crippen molar-refractivity contribution in [3.63, 3.8) is 0 Å². The van der Waals surface area contributed by atoms with Gasteiger partial charge in [-0.05, 0) is 11.9 Å². The molecule has 0 saturated carbocycles. The summed E-state index contributed by atoms with van der Waals surface area (Å²) in [5, 5.41) is 3.25. The van der Waals surface area contributed by atoms with Gasteiger partial charge < -0.3 is 0 Å². The zero-order valence-electron chi connectivity index (χ0n) is 3.50. The van der Waals surface area contributed by atoms with Crippen molar-refractivity contribution in [2.75, 3.05) is 0 Å². The maximum Gasteiger partial charge on any atom is 0.0424 e. The maximum absolute atomic E-state index is 5.15. The highest BCUT2D eigenvalue weighted by Crippen LogP contribution is 2.01. The van der Waals surface area contributed by atoms with E-state index in [4.69, 9.17) is 5.84 Å². The van der Waals surface area contributed by atoms with Crippen LogP contribution in [0.25, 0.3) is 0 Å². The van der Waals surface area contributed by atoms with E-state index in [0.29, 0.717) is 0 Å². The van der Waals surface area contributed by atoms with E-state index in [9.17, 15) is 0 Å². The Balaban J connectivity index is 0.000000360. The molecule has 7 heavy (non-hydrogen) atoms. The molecule has 3 N–H and O–H groups in total. The summed E-state index contributed by atoms with van der Waals surface area (Å²) < 4.78 is 0. The second-order valence-corrected chi connectivity index (χ2v) is 1.59. The first-order valence-corrected chi connectivity index (χ1v) is 2.39. The quantitative estimate of drug-likeness (QED) is 0.372. The predicted octanol–water partition coefficient (Wildman–Crippen LogP) is 0.222. The highest BCUT2D eigenvalue weighted by atomic mass is 35.5. The summed E-state index contributed by atoms with van der Waals surface area (Å²) in [6.07, 6.45) is 1.74. The molecular weight excluding hydrogens is 134 g/mol. The number of halogens is 1. The standard InChI is InChI=1S/C2H5N3S.ClH/c3-5-1-2-6-4-5;/h1-2,4H,3H2;1H. The summed E-state index contributed by atoms with van der Waals surface area (Å²) in [5.41, 5.74) is 0. The monoisotopic (exact) mass is 139 g/mol. The van der Waals surface area contributed by atoms with Crippen molar-refractivity contribution >= 4 is 24.4 Å². The molecule has 1 aliphatic heterocycles. The Hall–Kier alpha value is 0.1000. The van der Waals surface area contributed by atoms with Crippen LogP contribution in [0.15, 0.2) is 11.6 Å². The van der Waals surface area contributed by atoms with E-state index in [1.165, 1.54) is 17.1 Å². The van der Waals surface area contributed by atoms with Crippen LogP contribution in [-0.2, 0) is 0 Å². The van der Waals surface area contributed by atoms with Crippen LogP contribution in [0, 0.1) is 0 Å². The van der Waals surface area contributed by atoms with Crippen molar-refractivity contribution in [3.8, 4) is 0 Å². The molecule has 0 aromatic carbocycles. The van der Waals surface area contributed by atoms with Crippen LogP contribution in [0.4, 0.5) is 0 Å². The molecule has 0 bridgehead atoms. The third-order valence-corrected chi connectivity index (χ3v) is 1.02. The average Bonchev–Trinajstić information content (AvgIpc) is 1.86. The van der Waals surface area contributed by atoms with E-state index >= 15 is 0 Å². The molecule has 1 heterocycles. The van der Waals surface area contributed by atoms with Crippen LogP contribution >= 0.6 is 24.4 Å².